The van der Waals surface area contributed by atoms with Crippen LogP contribution >= 0.6 is 0 Å². The summed E-state index contributed by atoms with van der Waals surface area (Å²) in [5, 5.41) is 2.95. The Morgan fingerprint density at radius 1 is 1.00 bits per heavy atom. The third-order valence-electron chi connectivity index (χ3n) is 4.78. The summed E-state index contributed by atoms with van der Waals surface area (Å²) in [7, 11) is 0. The first kappa shape index (κ1) is 15.1. The molecule has 0 unspecified atom stereocenters. The maximum atomic E-state index is 12.8. The molecule has 0 radical (unpaired) electrons. The average molecular weight is 300 g/mol. The quantitative estimate of drug-likeness (QED) is 0.869. The molecule has 1 aliphatic heterocycles. The smallest absolute Gasteiger partial charge is 0.238 e. The Kier molecular flexibility index (Phi) is 4.46. The van der Waals surface area contributed by atoms with Crippen LogP contribution in [-0.2, 0) is 16.1 Å². The molecule has 1 aliphatic carbocycles. The lowest BCUT2D eigenvalue weighted by Gasteiger charge is -2.25. The molecular formula is C18H24N2O2. The minimum atomic E-state index is -0.765. The standard InChI is InChI=1S/C18H24N2O2/c21-16(19-14-15-8-4-3-5-9-15)18(10-11-18)17(22)20-12-6-1-2-7-13-20/h3-5,8-9H,1-2,6-7,10-14H2,(H,19,21). The SMILES string of the molecule is O=C(NCc1ccccc1)C1(C(=O)N2CCCCCC2)CC1. The number of amides is 2. The number of hydrogen-bond acceptors (Lipinski definition) is 2. The van der Waals surface area contributed by atoms with E-state index in [9.17, 15) is 9.59 Å². The van der Waals surface area contributed by atoms with Gasteiger partial charge in [-0.05, 0) is 31.2 Å². The normalized spacial score (nSPS) is 20.1. The molecule has 1 heterocycles. The second kappa shape index (κ2) is 6.51. The summed E-state index contributed by atoms with van der Waals surface area (Å²) in [5.41, 5.74) is 0.299. The Balaban J connectivity index is 1.60. The zero-order valence-electron chi connectivity index (χ0n) is 13.0. The van der Waals surface area contributed by atoms with Crippen molar-refractivity contribution in [3.05, 3.63) is 35.9 Å². The average Bonchev–Trinajstić information content (AvgIpc) is 3.37. The molecule has 1 saturated carbocycles. The Labute approximate surface area is 131 Å². The Hall–Kier alpha value is -1.84. The van der Waals surface area contributed by atoms with Crippen molar-refractivity contribution in [2.24, 2.45) is 5.41 Å². The second-order valence-corrected chi connectivity index (χ2v) is 6.46. The molecule has 0 atom stereocenters. The van der Waals surface area contributed by atoms with Crippen molar-refractivity contribution in [1.29, 1.82) is 0 Å². The third-order valence-corrected chi connectivity index (χ3v) is 4.78. The first-order valence-electron chi connectivity index (χ1n) is 8.34. The summed E-state index contributed by atoms with van der Waals surface area (Å²) >= 11 is 0. The van der Waals surface area contributed by atoms with Crippen molar-refractivity contribution in [2.45, 2.75) is 45.1 Å². The van der Waals surface area contributed by atoms with Crippen molar-refractivity contribution in [3.8, 4) is 0 Å². The molecular weight excluding hydrogens is 276 g/mol. The highest BCUT2D eigenvalue weighted by Crippen LogP contribution is 2.47. The lowest BCUT2D eigenvalue weighted by molar-refractivity contribution is -0.144. The predicted octanol–water partition coefficient (Wildman–Crippen LogP) is 2.49. The lowest BCUT2D eigenvalue weighted by Crippen LogP contribution is -2.45. The number of benzene rings is 1. The van der Waals surface area contributed by atoms with Gasteiger partial charge in [0, 0.05) is 19.6 Å². The van der Waals surface area contributed by atoms with E-state index >= 15 is 0 Å². The molecule has 0 spiro atoms. The molecule has 2 fully saturated rings. The highest BCUT2D eigenvalue weighted by atomic mass is 16.2. The van der Waals surface area contributed by atoms with Gasteiger partial charge in [0.2, 0.25) is 11.8 Å². The monoisotopic (exact) mass is 300 g/mol. The van der Waals surface area contributed by atoms with Crippen LogP contribution in [0.2, 0.25) is 0 Å². The minimum absolute atomic E-state index is 0.0555. The van der Waals surface area contributed by atoms with Crippen molar-refractivity contribution >= 4 is 11.8 Å². The fourth-order valence-corrected chi connectivity index (χ4v) is 3.19. The van der Waals surface area contributed by atoms with Gasteiger partial charge in [-0.3, -0.25) is 9.59 Å². The van der Waals surface area contributed by atoms with E-state index in [0.29, 0.717) is 19.4 Å². The minimum Gasteiger partial charge on any atom is -0.351 e. The number of rotatable bonds is 4. The largest absolute Gasteiger partial charge is 0.351 e. The zero-order valence-corrected chi connectivity index (χ0v) is 13.0. The molecule has 2 amide bonds. The van der Waals surface area contributed by atoms with Gasteiger partial charge < -0.3 is 10.2 Å². The van der Waals surface area contributed by atoms with Gasteiger partial charge in [0.1, 0.15) is 5.41 Å². The molecule has 3 rings (SSSR count). The summed E-state index contributed by atoms with van der Waals surface area (Å²) in [6, 6.07) is 9.83. The predicted molar refractivity (Wildman–Crippen MR) is 85.0 cm³/mol. The summed E-state index contributed by atoms with van der Waals surface area (Å²) in [4.78, 5) is 27.2. The number of carbonyl (C=O) groups is 2. The highest BCUT2D eigenvalue weighted by Gasteiger charge is 2.57. The Bertz CT molecular complexity index is 529. The molecule has 118 valence electrons. The van der Waals surface area contributed by atoms with Gasteiger partial charge in [-0.1, -0.05) is 43.2 Å². The summed E-state index contributed by atoms with van der Waals surface area (Å²) < 4.78 is 0. The van der Waals surface area contributed by atoms with Crippen LogP contribution in [0.1, 0.15) is 44.1 Å². The van der Waals surface area contributed by atoms with E-state index in [4.69, 9.17) is 0 Å². The van der Waals surface area contributed by atoms with Crippen molar-refractivity contribution in [3.63, 3.8) is 0 Å². The first-order valence-corrected chi connectivity index (χ1v) is 8.34. The molecule has 1 N–H and O–H groups in total. The van der Waals surface area contributed by atoms with Gasteiger partial charge in [0.25, 0.3) is 0 Å². The molecule has 1 saturated heterocycles. The maximum Gasteiger partial charge on any atom is 0.238 e. The third kappa shape index (κ3) is 3.16. The van der Waals surface area contributed by atoms with E-state index in [-0.39, 0.29) is 11.8 Å². The first-order chi connectivity index (χ1) is 10.7. The number of nitrogens with zero attached hydrogens (tertiary/aromatic N) is 1. The van der Waals surface area contributed by atoms with Crippen LogP contribution in [0.25, 0.3) is 0 Å². The number of nitrogens with one attached hydrogen (secondary N) is 1. The van der Waals surface area contributed by atoms with E-state index < -0.39 is 5.41 Å². The van der Waals surface area contributed by atoms with E-state index in [1.54, 1.807) is 0 Å². The second-order valence-electron chi connectivity index (χ2n) is 6.46. The zero-order chi connectivity index (χ0) is 15.4. The topological polar surface area (TPSA) is 49.4 Å². The van der Waals surface area contributed by atoms with E-state index in [2.05, 4.69) is 5.32 Å². The molecule has 1 aromatic rings. The molecule has 4 nitrogen and oxygen atoms in total. The molecule has 1 aromatic carbocycles. The number of likely N-dealkylation sites (tertiary alicyclic amines) is 1. The van der Waals surface area contributed by atoms with Gasteiger partial charge >= 0.3 is 0 Å². The van der Waals surface area contributed by atoms with Crippen LogP contribution in [0.5, 0.6) is 0 Å². The molecule has 4 heteroatoms. The van der Waals surface area contributed by atoms with Gasteiger partial charge in [-0.2, -0.15) is 0 Å². The number of hydrogen-bond donors (Lipinski definition) is 1. The van der Waals surface area contributed by atoms with E-state index in [1.165, 1.54) is 12.8 Å². The lowest BCUT2D eigenvalue weighted by atomic mass is 10.0. The van der Waals surface area contributed by atoms with Gasteiger partial charge in [-0.15, -0.1) is 0 Å². The van der Waals surface area contributed by atoms with Crippen LogP contribution in [0.15, 0.2) is 30.3 Å². The summed E-state index contributed by atoms with van der Waals surface area (Å²) in [5.74, 6) is -0.0365. The van der Waals surface area contributed by atoms with Crippen molar-refractivity contribution in [2.75, 3.05) is 13.1 Å². The van der Waals surface area contributed by atoms with E-state index in [1.807, 2.05) is 35.2 Å². The molecule has 22 heavy (non-hydrogen) atoms. The summed E-state index contributed by atoms with van der Waals surface area (Å²) in [6.45, 7) is 2.12. The maximum absolute atomic E-state index is 12.8. The molecule has 2 aliphatic rings. The van der Waals surface area contributed by atoms with Gasteiger partial charge in [-0.25, -0.2) is 0 Å². The van der Waals surface area contributed by atoms with Crippen LogP contribution in [0.3, 0.4) is 0 Å². The van der Waals surface area contributed by atoms with Crippen LogP contribution in [0, 0.1) is 5.41 Å². The fraction of sp³-hybridized carbons (Fsp3) is 0.556. The van der Waals surface area contributed by atoms with Gasteiger partial charge in [0.05, 0.1) is 0 Å². The molecule has 0 aromatic heterocycles. The molecule has 0 bridgehead atoms. The Morgan fingerprint density at radius 2 is 1.64 bits per heavy atom. The van der Waals surface area contributed by atoms with Crippen molar-refractivity contribution < 1.29 is 9.59 Å². The Morgan fingerprint density at radius 3 is 2.23 bits per heavy atom. The van der Waals surface area contributed by atoms with Crippen LogP contribution < -0.4 is 5.32 Å². The summed E-state index contributed by atoms with van der Waals surface area (Å²) in [6.07, 6.45) is 5.90. The van der Waals surface area contributed by atoms with Crippen LogP contribution in [0.4, 0.5) is 0 Å². The fourth-order valence-electron chi connectivity index (χ4n) is 3.19. The van der Waals surface area contributed by atoms with Gasteiger partial charge in [0.15, 0.2) is 0 Å². The van der Waals surface area contributed by atoms with E-state index in [0.717, 1.165) is 31.5 Å². The number of carbonyl (C=O) groups excluding carboxylic acids is 2. The highest BCUT2D eigenvalue weighted by molar-refractivity contribution is 6.07. The van der Waals surface area contributed by atoms with Crippen molar-refractivity contribution in [1.82, 2.24) is 10.2 Å². The van der Waals surface area contributed by atoms with Crippen LogP contribution in [-0.4, -0.2) is 29.8 Å².